The van der Waals surface area contributed by atoms with E-state index in [-0.39, 0.29) is 0 Å². The number of aliphatic hydroxyl groups is 7. The third-order valence-corrected chi connectivity index (χ3v) is 5.63. The summed E-state index contributed by atoms with van der Waals surface area (Å²) >= 11 is 0.868. The number of aliphatic hydroxyl groups excluding tert-OH is 7. The maximum absolute atomic E-state index is 10.2. The van der Waals surface area contributed by atoms with E-state index in [0.29, 0.717) is 0 Å². The molecular weight excluding hydrogens is 348 g/mol. The van der Waals surface area contributed by atoms with E-state index in [1.165, 1.54) is 7.11 Å². The predicted octanol–water partition coefficient (Wildman–Crippen LogP) is -4.03. The average Bonchev–Trinajstić information content (AvgIpc) is 2.58. The van der Waals surface area contributed by atoms with Crippen LogP contribution in [0, 0.1) is 0 Å². The molecule has 0 aromatic heterocycles. The highest BCUT2D eigenvalue weighted by Crippen LogP contribution is 2.36. The molecule has 0 spiro atoms. The molecule has 2 saturated heterocycles. The summed E-state index contributed by atoms with van der Waals surface area (Å²) in [4.78, 5) is 0. The largest absolute Gasteiger partial charge is 0.395 e. The monoisotopic (exact) mass is 372 g/mol. The third-order valence-electron chi connectivity index (χ3n) is 4.19. The van der Waals surface area contributed by atoms with Gasteiger partial charge < -0.3 is 50.0 Å². The predicted molar refractivity (Wildman–Crippen MR) is 79.9 cm³/mol. The van der Waals surface area contributed by atoms with Gasteiger partial charge in [0.1, 0.15) is 42.1 Å². The lowest BCUT2D eigenvalue weighted by Crippen LogP contribution is -2.62. The molecule has 2 aliphatic heterocycles. The van der Waals surface area contributed by atoms with Crippen LogP contribution in [0.5, 0.6) is 0 Å². The number of hydrogen-bond acceptors (Lipinski definition) is 11. The van der Waals surface area contributed by atoms with Crippen LogP contribution in [0.25, 0.3) is 0 Å². The Bertz CT molecular complexity index is 383. The van der Waals surface area contributed by atoms with E-state index in [9.17, 15) is 35.7 Å². The SMILES string of the molecule is CO[C@H]1O[C@H](CO)[C@@H](O)[C@H](O[C@H]2S[C@H](CO)[C@@H](O)[C@H](O)[C@H]2O)[C@@H]1O. The second-order valence-corrected chi connectivity index (χ2v) is 7.08. The number of methoxy groups -OCH3 is 1. The van der Waals surface area contributed by atoms with Gasteiger partial charge in [-0.2, -0.15) is 0 Å². The summed E-state index contributed by atoms with van der Waals surface area (Å²) in [5.74, 6) is 0. The third kappa shape index (κ3) is 3.86. The molecule has 0 aliphatic carbocycles. The molecule has 10 atom stereocenters. The van der Waals surface area contributed by atoms with Crippen molar-refractivity contribution < 1.29 is 50.0 Å². The smallest absolute Gasteiger partial charge is 0.186 e. The molecule has 7 N–H and O–H groups in total. The second kappa shape index (κ2) is 8.56. The van der Waals surface area contributed by atoms with Crippen LogP contribution in [-0.2, 0) is 14.2 Å². The normalized spacial score (nSPS) is 50.0. The van der Waals surface area contributed by atoms with Crippen molar-refractivity contribution in [1.82, 2.24) is 0 Å². The minimum atomic E-state index is -1.56. The van der Waals surface area contributed by atoms with Crippen LogP contribution in [0.1, 0.15) is 0 Å². The Hall–Kier alpha value is -0.0500. The second-order valence-electron chi connectivity index (χ2n) is 5.74. The fourth-order valence-electron chi connectivity index (χ4n) is 2.74. The molecule has 0 amide bonds. The van der Waals surface area contributed by atoms with Crippen LogP contribution in [0.4, 0.5) is 0 Å². The molecule has 2 fully saturated rings. The molecule has 24 heavy (non-hydrogen) atoms. The zero-order chi connectivity index (χ0) is 18.0. The van der Waals surface area contributed by atoms with Crippen LogP contribution < -0.4 is 0 Å². The van der Waals surface area contributed by atoms with Gasteiger partial charge >= 0.3 is 0 Å². The topological polar surface area (TPSA) is 169 Å². The molecule has 142 valence electrons. The molecule has 0 bridgehead atoms. The van der Waals surface area contributed by atoms with Gasteiger partial charge in [-0.1, -0.05) is 0 Å². The van der Waals surface area contributed by atoms with Crippen molar-refractivity contribution in [3.05, 3.63) is 0 Å². The van der Waals surface area contributed by atoms with Gasteiger partial charge in [-0.15, -0.1) is 11.8 Å². The summed E-state index contributed by atoms with van der Waals surface area (Å²) < 4.78 is 15.7. The first-order valence-corrected chi connectivity index (χ1v) is 8.41. The molecule has 10 nitrogen and oxygen atoms in total. The van der Waals surface area contributed by atoms with Crippen LogP contribution in [0.15, 0.2) is 0 Å². The highest BCUT2D eigenvalue weighted by Gasteiger charge is 2.50. The van der Waals surface area contributed by atoms with Crippen molar-refractivity contribution in [2.75, 3.05) is 20.3 Å². The van der Waals surface area contributed by atoms with Crippen LogP contribution >= 0.6 is 11.8 Å². The van der Waals surface area contributed by atoms with Gasteiger partial charge in [-0.25, -0.2) is 0 Å². The van der Waals surface area contributed by atoms with Crippen molar-refractivity contribution in [1.29, 1.82) is 0 Å². The van der Waals surface area contributed by atoms with Crippen LogP contribution in [0.3, 0.4) is 0 Å². The first-order chi connectivity index (χ1) is 11.3. The molecule has 0 aromatic carbocycles. The Morgan fingerprint density at radius 2 is 1.54 bits per heavy atom. The van der Waals surface area contributed by atoms with Gasteiger partial charge in [-0.3, -0.25) is 0 Å². The lowest BCUT2D eigenvalue weighted by Gasteiger charge is -2.45. The Labute approximate surface area is 142 Å². The molecule has 2 rings (SSSR count). The number of thioether (sulfide) groups is 1. The summed E-state index contributed by atoms with van der Waals surface area (Å²) in [7, 11) is 1.27. The van der Waals surface area contributed by atoms with Gasteiger partial charge in [0.25, 0.3) is 0 Å². The van der Waals surface area contributed by atoms with Gasteiger partial charge in [0.05, 0.1) is 24.6 Å². The molecule has 0 saturated carbocycles. The van der Waals surface area contributed by atoms with E-state index < -0.39 is 72.9 Å². The van der Waals surface area contributed by atoms with E-state index in [1.54, 1.807) is 0 Å². The highest BCUT2D eigenvalue weighted by atomic mass is 32.2. The first-order valence-electron chi connectivity index (χ1n) is 7.46. The quantitative estimate of drug-likeness (QED) is 0.251. The molecule has 0 radical (unpaired) electrons. The van der Waals surface area contributed by atoms with Crippen molar-refractivity contribution in [2.24, 2.45) is 0 Å². The van der Waals surface area contributed by atoms with Crippen LogP contribution in [-0.4, -0.2) is 116 Å². The average molecular weight is 372 g/mol. The van der Waals surface area contributed by atoms with E-state index in [1.807, 2.05) is 0 Å². The van der Waals surface area contributed by atoms with E-state index in [4.69, 9.17) is 14.2 Å². The minimum Gasteiger partial charge on any atom is -0.395 e. The highest BCUT2D eigenvalue weighted by molar-refractivity contribution is 8.00. The van der Waals surface area contributed by atoms with Crippen LogP contribution in [0.2, 0.25) is 0 Å². The number of rotatable bonds is 5. The van der Waals surface area contributed by atoms with Crippen molar-refractivity contribution >= 4 is 11.8 Å². The first kappa shape index (κ1) is 20.3. The van der Waals surface area contributed by atoms with Gasteiger partial charge in [-0.05, 0) is 0 Å². The zero-order valence-corrected chi connectivity index (χ0v) is 13.8. The van der Waals surface area contributed by atoms with Crippen molar-refractivity contribution in [3.63, 3.8) is 0 Å². The molecule has 2 aliphatic rings. The number of hydrogen-bond donors (Lipinski definition) is 7. The summed E-state index contributed by atoms with van der Waals surface area (Å²) in [5, 5.41) is 67.8. The standard InChI is InChI=1S/C13H24O10S/c1-21-12-10(20)11(6(16)4(2-14)22-12)23-13-9(19)8(18)7(17)5(3-15)24-13/h4-20H,2-3H2,1H3/t4-,5-,6-,7-,8+,9-,10+,11+,12+,13+/m1/s1. The lowest BCUT2D eigenvalue weighted by molar-refractivity contribution is -0.307. The number of ether oxygens (including phenoxy) is 3. The fourth-order valence-corrected chi connectivity index (χ4v) is 4.01. The van der Waals surface area contributed by atoms with Gasteiger partial charge in [0.2, 0.25) is 0 Å². The Morgan fingerprint density at radius 3 is 2.08 bits per heavy atom. The maximum atomic E-state index is 10.2. The summed E-state index contributed by atoms with van der Waals surface area (Å²) in [6.07, 6.45) is -10.8. The lowest BCUT2D eigenvalue weighted by atomic mass is 9.98. The molecule has 0 unspecified atom stereocenters. The summed E-state index contributed by atoms with van der Waals surface area (Å²) in [6.45, 7) is -1.01. The maximum Gasteiger partial charge on any atom is 0.186 e. The Balaban J connectivity index is 2.14. The van der Waals surface area contributed by atoms with E-state index in [2.05, 4.69) is 0 Å². The Kier molecular flexibility index (Phi) is 7.22. The Morgan fingerprint density at radius 1 is 0.875 bits per heavy atom. The molecule has 2 heterocycles. The fraction of sp³-hybridized carbons (Fsp3) is 1.00. The molecule has 0 aromatic rings. The van der Waals surface area contributed by atoms with E-state index >= 15 is 0 Å². The minimum absolute atomic E-state index is 0.464. The van der Waals surface area contributed by atoms with Crippen molar-refractivity contribution in [3.8, 4) is 0 Å². The molecular formula is C13H24O10S. The van der Waals surface area contributed by atoms with E-state index in [0.717, 1.165) is 11.8 Å². The molecule has 11 heteroatoms. The summed E-state index contributed by atoms with van der Waals surface area (Å²) in [6, 6.07) is 0. The van der Waals surface area contributed by atoms with Crippen molar-refractivity contribution in [2.45, 2.75) is 59.7 Å². The summed E-state index contributed by atoms with van der Waals surface area (Å²) in [5.41, 5.74) is -1.13. The zero-order valence-electron chi connectivity index (χ0n) is 13.0. The van der Waals surface area contributed by atoms with Gasteiger partial charge in [0, 0.05) is 7.11 Å². The van der Waals surface area contributed by atoms with Gasteiger partial charge in [0.15, 0.2) is 6.29 Å².